The lowest BCUT2D eigenvalue weighted by Crippen LogP contribution is -2.20. The standard InChI is InChI=1S/C33H44N4O2/c1-3-5-9-20-30(24-28-16-11-7-12-17-28)26-34-36-32(38)22-15-23-33(39)37-35-27-31(21-10-6-4-2)25-29-18-13-8-14-19-29/h7-8,11-14,16-19,24-27H,3-6,9-10,15,20-23H2,1-2H3,(H,36,38)(H,37,39). The number of hydrogen-bond donors (Lipinski definition) is 2. The zero-order valence-electron chi connectivity index (χ0n) is 23.6. The van der Waals surface area contributed by atoms with Crippen LogP contribution in [-0.4, -0.2) is 24.2 Å². The Hall–Kier alpha value is -3.80. The van der Waals surface area contributed by atoms with E-state index in [1.54, 1.807) is 12.4 Å². The lowest BCUT2D eigenvalue weighted by Gasteiger charge is -2.04. The summed E-state index contributed by atoms with van der Waals surface area (Å²) in [4.78, 5) is 24.4. The lowest BCUT2D eigenvalue weighted by molar-refractivity contribution is -0.122. The molecule has 0 aromatic heterocycles. The highest BCUT2D eigenvalue weighted by Gasteiger charge is 2.05. The van der Waals surface area contributed by atoms with Crippen LogP contribution in [0.2, 0.25) is 0 Å². The first-order valence-electron chi connectivity index (χ1n) is 14.3. The highest BCUT2D eigenvalue weighted by molar-refractivity contribution is 5.88. The van der Waals surface area contributed by atoms with Crippen LogP contribution in [0.3, 0.4) is 0 Å². The Morgan fingerprint density at radius 2 is 1.00 bits per heavy atom. The molecule has 208 valence electrons. The molecule has 0 bridgehead atoms. The molecule has 0 saturated carbocycles. The summed E-state index contributed by atoms with van der Waals surface area (Å²) >= 11 is 0. The van der Waals surface area contributed by atoms with Gasteiger partial charge in [-0.1, -0.05) is 112 Å². The molecule has 0 atom stereocenters. The first kappa shape index (κ1) is 31.4. The molecule has 2 rings (SSSR count). The summed E-state index contributed by atoms with van der Waals surface area (Å²) in [6, 6.07) is 20.2. The number of nitrogens with one attached hydrogen (secondary N) is 2. The van der Waals surface area contributed by atoms with Crippen molar-refractivity contribution < 1.29 is 9.59 Å². The van der Waals surface area contributed by atoms with E-state index in [2.05, 4.69) is 47.1 Å². The van der Waals surface area contributed by atoms with E-state index in [1.165, 1.54) is 0 Å². The van der Waals surface area contributed by atoms with Crippen LogP contribution < -0.4 is 10.9 Å². The fourth-order valence-electron chi connectivity index (χ4n) is 3.93. The Morgan fingerprint density at radius 1 is 0.590 bits per heavy atom. The molecule has 39 heavy (non-hydrogen) atoms. The fourth-order valence-corrected chi connectivity index (χ4v) is 3.93. The number of rotatable bonds is 18. The molecule has 2 aromatic rings. The van der Waals surface area contributed by atoms with Crippen LogP contribution in [0.25, 0.3) is 12.2 Å². The quantitative estimate of drug-likeness (QED) is 0.118. The third-order valence-electron chi connectivity index (χ3n) is 6.09. The summed E-state index contributed by atoms with van der Waals surface area (Å²) in [5.74, 6) is -0.418. The minimum Gasteiger partial charge on any atom is -0.273 e. The monoisotopic (exact) mass is 528 g/mol. The first-order chi connectivity index (χ1) is 19.1. The fraction of sp³-hybridized carbons (Fsp3) is 0.394. The normalized spacial score (nSPS) is 12.3. The number of amides is 2. The van der Waals surface area contributed by atoms with Gasteiger partial charge in [0, 0.05) is 12.8 Å². The Balaban J connectivity index is 1.77. The highest BCUT2D eigenvalue weighted by atomic mass is 16.2. The van der Waals surface area contributed by atoms with Crippen molar-refractivity contribution in [2.24, 2.45) is 10.2 Å². The van der Waals surface area contributed by atoms with Gasteiger partial charge in [0.15, 0.2) is 0 Å². The van der Waals surface area contributed by atoms with Gasteiger partial charge in [-0.3, -0.25) is 9.59 Å². The lowest BCUT2D eigenvalue weighted by atomic mass is 10.1. The summed E-state index contributed by atoms with van der Waals surface area (Å²) in [7, 11) is 0. The van der Waals surface area contributed by atoms with E-state index in [4.69, 9.17) is 0 Å². The van der Waals surface area contributed by atoms with E-state index >= 15 is 0 Å². The van der Waals surface area contributed by atoms with E-state index in [-0.39, 0.29) is 24.7 Å². The van der Waals surface area contributed by atoms with Crippen LogP contribution in [-0.2, 0) is 9.59 Å². The first-order valence-corrected chi connectivity index (χ1v) is 14.3. The van der Waals surface area contributed by atoms with Gasteiger partial charge in [-0.2, -0.15) is 10.2 Å². The molecule has 2 aromatic carbocycles. The van der Waals surface area contributed by atoms with Gasteiger partial charge >= 0.3 is 0 Å². The van der Waals surface area contributed by atoms with E-state index in [0.717, 1.165) is 73.6 Å². The van der Waals surface area contributed by atoms with Crippen molar-refractivity contribution in [2.45, 2.75) is 84.5 Å². The molecule has 0 fully saturated rings. The van der Waals surface area contributed by atoms with E-state index in [1.807, 2.05) is 60.7 Å². The van der Waals surface area contributed by atoms with Crippen molar-refractivity contribution >= 4 is 36.4 Å². The van der Waals surface area contributed by atoms with E-state index < -0.39 is 0 Å². The third kappa shape index (κ3) is 15.3. The van der Waals surface area contributed by atoms with Gasteiger partial charge in [-0.25, -0.2) is 10.9 Å². The van der Waals surface area contributed by atoms with Crippen LogP contribution in [0.1, 0.15) is 95.6 Å². The van der Waals surface area contributed by atoms with Crippen molar-refractivity contribution in [3.8, 4) is 0 Å². The van der Waals surface area contributed by atoms with Gasteiger partial charge in [0.2, 0.25) is 11.8 Å². The predicted octanol–water partition coefficient (Wildman–Crippen LogP) is 7.69. The molecule has 0 spiro atoms. The van der Waals surface area contributed by atoms with Gasteiger partial charge in [0.1, 0.15) is 0 Å². The maximum Gasteiger partial charge on any atom is 0.240 e. The highest BCUT2D eigenvalue weighted by Crippen LogP contribution is 2.13. The van der Waals surface area contributed by atoms with Gasteiger partial charge in [-0.15, -0.1) is 0 Å². The number of hydrogen-bond acceptors (Lipinski definition) is 4. The average Bonchev–Trinajstić information content (AvgIpc) is 2.94. The van der Waals surface area contributed by atoms with Crippen LogP contribution in [0, 0.1) is 0 Å². The third-order valence-corrected chi connectivity index (χ3v) is 6.09. The number of allylic oxidation sites excluding steroid dienone is 2. The maximum absolute atomic E-state index is 12.2. The second-order valence-electron chi connectivity index (χ2n) is 9.61. The molecule has 2 N–H and O–H groups in total. The number of unbranched alkanes of at least 4 members (excludes halogenated alkanes) is 4. The Kier molecular flexibility index (Phi) is 16.3. The zero-order valence-corrected chi connectivity index (χ0v) is 23.6. The summed E-state index contributed by atoms with van der Waals surface area (Å²) in [6.07, 6.45) is 17.1. The number of benzene rings is 2. The maximum atomic E-state index is 12.2. The molecule has 6 heteroatoms. The largest absolute Gasteiger partial charge is 0.273 e. The predicted molar refractivity (Wildman–Crippen MR) is 164 cm³/mol. The number of carbonyl (C=O) groups is 2. The Bertz CT molecular complexity index is 1000. The molecular formula is C33H44N4O2. The summed E-state index contributed by atoms with van der Waals surface area (Å²) in [5, 5.41) is 8.31. The van der Waals surface area contributed by atoms with Crippen molar-refractivity contribution in [1.82, 2.24) is 10.9 Å². The Morgan fingerprint density at radius 3 is 1.38 bits per heavy atom. The van der Waals surface area contributed by atoms with Crippen LogP contribution in [0.4, 0.5) is 0 Å². The topological polar surface area (TPSA) is 82.9 Å². The second-order valence-corrected chi connectivity index (χ2v) is 9.61. The van der Waals surface area contributed by atoms with E-state index in [9.17, 15) is 9.59 Å². The van der Waals surface area contributed by atoms with Gasteiger partial charge < -0.3 is 0 Å². The molecule has 0 heterocycles. The minimum absolute atomic E-state index is 0.209. The average molecular weight is 529 g/mol. The van der Waals surface area contributed by atoms with Crippen molar-refractivity contribution in [3.63, 3.8) is 0 Å². The molecular weight excluding hydrogens is 484 g/mol. The molecule has 0 unspecified atom stereocenters. The number of carbonyl (C=O) groups excluding carboxylic acids is 2. The van der Waals surface area contributed by atoms with E-state index in [0.29, 0.717) is 6.42 Å². The van der Waals surface area contributed by atoms with Crippen LogP contribution >= 0.6 is 0 Å². The molecule has 0 radical (unpaired) electrons. The zero-order chi connectivity index (χ0) is 28.0. The van der Waals surface area contributed by atoms with Gasteiger partial charge in [0.25, 0.3) is 0 Å². The second kappa shape index (κ2) is 20.2. The van der Waals surface area contributed by atoms with Crippen molar-refractivity contribution in [1.29, 1.82) is 0 Å². The van der Waals surface area contributed by atoms with Gasteiger partial charge in [-0.05, 0) is 54.4 Å². The molecule has 0 saturated heterocycles. The minimum atomic E-state index is -0.209. The molecule has 0 aliphatic heterocycles. The number of nitrogens with zero attached hydrogens (tertiary/aromatic N) is 2. The molecule has 2 amide bonds. The summed E-state index contributed by atoms with van der Waals surface area (Å²) in [5.41, 5.74) is 9.54. The van der Waals surface area contributed by atoms with Gasteiger partial charge in [0.05, 0.1) is 12.4 Å². The Labute approximate surface area is 234 Å². The summed E-state index contributed by atoms with van der Waals surface area (Å²) in [6.45, 7) is 4.35. The molecule has 0 aliphatic carbocycles. The van der Waals surface area contributed by atoms with Crippen LogP contribution in [0.15, 0.2) is 82.0 Å². The smallest absolute Gasteiger partial charge is 0.240 e. The molecule has 0 aliphatic rings. The van der Waals surface area contributed by atoms with Crippen LogP contribution in [0.5, 0.6) is 0 Å². The van der Waals surface area contributed by atoms with Crippen molar-refractivity contribution in [2.75, 3.05) is 0 Å². The molecule has 6 nitrogen and oxygen atoms in total. The number of hydrazone groups is 2. The van der Waals surface area contributed by atoms with Crippen molar-refractivity contribution in [3.05, 3.63) is 82.9 Å². The SMILES string of the molecule is CCCCCC(C=NNC(=O)CCCC(=O)NN=CC(=Cc1ccccc1)CCCCC)=Cc1ccccc1. The summed E-state index contributed by atoms with van der Waals surface area (Å²) < 4.78 is 0.